The molecule has 0 aliphatic rings. The number of benzene rings is 2. The Morgan fingerprint density at radius 2 is 1.78 bits per heavy atom. The number of nitrogens with zero attached hydrogens (tertiary/aromatic N) is 2. The number of hydrogen-bond acceptors (Lipinski definition) is 5. The first-order valence-corrected chi connectivity index (χ1v) is 9.52. The predicted molar refractivity (Wildman–Crippen MR) is 109 cm³/mol. The molecule has 0 atom stereocenters. The number of anilines is 1. The lowest BCUT2D eigenvalue weighted by atomic mass is 10.0. The molecule has 0 aliphatic carbocycles. The number of rotatable bonds is 6. The van der Waals surface area contributed by atoms with Crippen LogP contribution in [0.4, 0.5) is 5.69 Å². The van der Waals surface area contributed by atoms with Crippen molar-refractivity contribution in [2.75, 3.05) is 18.2 Å². The number of aryl methyl sites for hydroxylation is 2. The summed E-state index contributed by atoms with van der Waals surface area (Å²) >= 11 is 1.35. The maximum Gasteiger partial charge on any atom is 0.234 e. The second-order valence-electron chi connectivity index (χ2n) is 6.12. The molecule has 1 heterocycles. The second kappa shape index (κ2) is 8.68. The lowest BCUT2D eigenvalue weighted by molar-refractivity contribution is -0.113. The molecule has 1 amide bonds. The fourth-order valence-corrected chi connectivity index (χ4v) is 3.08. The topological polar surface area (TPSA) is 64.1 Å². The van der Waals surface area contributed by atoms with Gasteiger partial charge in [-0.1, -0.05) is 23.9 Å². The molecule has 0 unspecified atom stereocenters. The van der Waals surface area contributed by atoms with Crippen molar-refractivity contribution in [3.63, 3.8) is 0 Å². The quantitative estimate of drug-likeness (QED) is 0.639. The summed E-state index contributed by atoms with van der Waals surface area (Å²) in [5.41, 5.74) is 5.08. The molecule has 1 aromatic heterocycles. The number of carbonyl (C=O) groups is 1. The Bertz CT molecular complexity index is 925. The number of hydrogen-bond donors (Lipinski definition) is 1. The molecular formula is C21H21N3O2S. The number of nitrogens with one attached hydrogen (secondary N) is 1. The molecule has 0 radical (unpaired) electrons. The molecule has 0 fully saturated rings. The van der Waals surface area contributed by atoms with E-state index in [0.717, 1.165) is 22.7 Å². The van der Waals surface area contributed by atoms with Crippen LogP contribution in [0.25, 0.3) is 11.3 Å². The van der Waals surface area contributed by atoms with Crippen molar-refractivity contribution >= 4 is 23.4 Å². The molecule has 0 spiro atoms. The van der Waals surface area contributed by atoms with Crippen molar-refractivity contribution in [1.82, 2.24) is 10.2 Å². The monoisotopic (exact) mass is 379 g/mol. The third-order valence-corrected chi connectivity index (χ3v) is 5.09. The van der Waals surface area contributed by atoms with Crippen LogP contribution in [-0.4, -0.2) is 29.0 Å². The minimum Gasteiger partial charge on any atom is -0.497 e. The molecule has 3 aromatic rings. The van der Waals surface area contributed by atoms with Gasteiger partial charge in [0.2, 0.25) is 5.91 Å². The zero-order valence-electron chi connectivity index (χ0n) is 15.5. The van der Waals surface area contributed by atoms with Crippen LogP contribution in [0.5, 0.6) is 5.75 Å². The van der Waals surface area contributed by atoms with Gasteiger partial charge in [-0.05, 0) is 67.4 Å². The molecule has 5 nitrogen and oxygen atoms in total. The average molecular weight is 379 g/mol. The Hall–Kier alpha value is -2.86. The molecular weight excluding hydrogens is 358 g/mol. The van der Waals surface area contributed by atoms with E-state index in [0.29, 0.717) is 5.03 Å². The predicted octanol–water partition coefficient (Wildman–Crippen LogP) is 4.50. The Morgan fingerprint density at radius 3 is 2.41 bits per heavy atom. The molecule has 0 bridgehead atoms. The summed E-state index contributed by atoms with van der Waals surface area (Å²) in [6.45, 7) is 4.17. The van der Waals surface area contributed by atoms with E-state index in [1.807, 2.05) is 18.2 Å². The van der Waals surface area contributed by atoms with Gasteiger partial charge in [-0.3, -0.25) is 4.79 Å². The second-order valence-corrected chi connectivity index (χ2v) is 7.12. The van der Waals surface area contributed by atoms with Crippen LogP contribution in [0.3, 0.4) is 0 Å². The third-order valence-electron chi connectivity index (χ3n) is 4.17. The highest BCUT2D eigenvalue weighted by atomic mass is 32.2. The minimum atomic E-state index is -0.0924. The average Bonchev–Trinajstić information content (AvgIpc) is 2.69. The highest BCUT2D eigenvalue weighted by molar-refractivity contribution is 7.99. The van der Waals surface area contributed by atoms with E-state index >= 15 is 0 Å². The van der Waals surface area contributed by atoms with E-state index in [1.54, 1.807) is 31.4 Å². The van der Waals surface area contributed by atoms with Gasteiger partial charge >= 0.3 is 0 Å². The van der Waals surface area contributed by atoms with E-state index in [-0.39, 0.29) is 11.7 Å². The van der Waals surface area contributed by atoms with Crippen LogP contribution in [0.15, 0.2) is 59.6 Å². The van der Waals surface area contributed by atoms with Crippen molar-refractivity contribution in [2.45, 2.75) is 18.9 Å². The summed E-state index contributed by atoms with van der Waals surface area (Å²) in [5.74, 6) is 0.927. The molecule has 2 aromatic carbocycles. The summed E-state index contributed by atoms with van der Waals surface area (Å²) in [6.07, 6.45) is 0. The summed E-state index contributed by atoms with van der Waals surface area (Å²) in [7, 11) is 1.61. The minimum absolute atomic E-state index is 0.0924. The van der Waals surface area contributed by atoms with Crippen molar-refractivity contribution in [2.24, 2.45) is 0 Å². The van der Waals surface area contributed by atoms with Crippen LogP contribution in [0.1, 0.15) is 11.1 Å². The number of methoxy groups -OCH3 is 1. The van der Waals surface area contributed by atoms with Gasteiger partial charge < -0.3 is 10.1 Å². The Balaban J connectivity index is 1.56. The van der Waals surface area contributed by atoms with E-state index < -0.39 is 0 Å². The molecule has 0 saturated heterocycles. The van der Waals surface area contributed by atoms with Gasteiger partial charge in [0.1, 0.15) is 10.8 Å². The largest absolute Gasteiger partial charge is 0.497 e. The lowest BCUT2D eigenvalue weighted by Crippen LogP contribution is -2.14. The number of carbonyl (C=O) groups excluding carboxylic acids is 1. The van der Waals surface area contributed by atoms with Gasteiger partial charge in [-0.15, -0.1) is 10.2 Å². The highest BCUT2D eigenvalue weighted by Gasteiger charge is 2.07. The number of ether oxygens (including phenoxy) is 1. The standard InChI is InChI=1S/C21H21N3O2S/c1-14-4-5-16(12-15(14)2)19-10-11-21(24-23-19)27-13-20(25)22-17-6-8-18(26-3)9-7-17/h4-12H,13H2,1-3H3,(H,22,25). The van der Waals surface area contributed by atoms with Crippen LogP contribution >= 0.6 is 11.8 Å². The van der Waals surface area contributed by atoms with Gasteiger partial charge in [0.05, 0.1) is 18.6 Å². The first-order valence-electron chi connectivity index (χ1n) is 8.53. The fraction of sp³-hybridized carbons (Fsp3) is 0.190. The summed E-state index contributed by atoms with van der Waals surface area (Å²) < 4.78 is 5.10. The van der Waals surface area contributed by atoms with E-state index in [2.05, 4.69) is 41.5 Å². The van der Waals surface area contributed by atoms with Gasteiger partial charge in [-0.25, -0.2) is 0 Å². The zero-order chi connectivity index (χ0) is 19.2. The zero-order valence-corrected chi connectivity index (χ0v) is 16.3. The van der Waals surface area contributed by atoms with Gasteiger partial charge in [0.25, 0.3) is 0 Å². The maximum absolute atomic E-state index is 12.1. The Morgan fingerprint density at radius 1 is 1.00 bits per heavy atom. The summed E-state index contributed by atoms with van der Waals surface area (Å²) in [6, 6.07) is 17.3. The summed E-state index contributed by atoms with van der Waals surface area (Å²) in [5, 5.41) is 12.1. The van der Waals surface area contributed by atoms with Gasteiger partial charge in [0, 0.05) is 11.3 Å². The smallest absolute Gasteiger partial charge is 0.234 e. The molecule has 27 heavy (non-hydrogen) atoms. The third kappa shape index (κ3) is 5.08. The lowest BCUT2D eigenvalue weighted by Gasteiger charge is -2.07. The SMILES string of the molecule is COc1ccc(NC(=O)CSc2ccc(-c3ccc(C)c(C)c3)nn2)cc1. The molecule has 138 valence electrons. The van der Waals surface area contributed by atoms with Crippen molar-refractivity contribution < 1.29 is 9.53 Å². The number of aromatic nitrogens is 2. The molecule has 0 saturated carbocycles. The molecule has 3 rings (SSSR count). The Labute approximate surface area is 163 Å². The van der Waals surface area contributed by atoms with Crippen LogP contribution in [0.2, 0.25) is 0 Å². The summed E-state index contributed by atoms with van der Waals surface area (Å²) in [4.78, 5) is 12.1. The molecule has 6 heteroatoms. The first kappa shape index (κ1) is 18.9. The normalized spacial score (nSPS) is 10.5. The number of amides is 1. The van der Waals surface area contributed by atoms with E-state index in [4.69, 9.17) is 4.74 Å². The van der Waals surface area contributed by atoms with Crippen molar-refractivity contribution in [3.8, 4) is 17.0 Å². The van der Waals surface area contributed by atoms with E-state index in [9.17, 15) is 4.79 Å². The molecule has 1 N–H and O–H groups in total. The fourth-order valence-electron chi connectivity index (χ4n) is 2.46. The van der Waals surface area contributed by atoms with Gasteiger partial charge in [0.15, 0.2) is 0 Å². The van der Waals surface area contributed by atoms with E-state index in [1.165, 1.54) is 22.9 Å². The maximum atomic E-state index is 12.1. The first-order chi connectivity index (χ1) is 13.0. The Kier molecular flexibility index (Phi) is 6.08. The molecule has 0 aliphatic heterocycles. The van der Waals surface area contributed by atoms with Crippen LogP contribution in [0, 0.1) is 13.8 Å². The van der Waals surface area contributed by atoms with Crippen LogP contribution in [-0.2, 0) is 4.79 Å². The number of thioether (sulfide) groups is 1. The van der Waals surface area contributed by atoms with Crippen molar-refractivity contribution in [3.05, 3.63) is 65.7 Å². The highest BCUT2D eigenvalue weighted by Crippen LogP contribution is 2.22. The van der Waals surface area contributed by atoms with Crippen molar-refractivity contribution in [1.29, 1.82) is 0 Å². The van der Waals surface area contributed by atoms with Gasteiger partial charge in [-0.2, -0.15) is 0 Å². The van der Waals surface area contributed by atoms with Crippen LogP contribution < -0.4 is 10.1 Å².